The van der Waals surface area contributed by atoms with Crippen LogP contribution in [0.2, 0.25) is 0 Å². The molecule has 1 heteroatoms. The van der Waals surface area contributed by atoms with Gasteiger partial charge in [-0.2, -0.15) is 0 Å². The van der Waals surface area contributed by atoms with Gasteiger partial charge < -0.3 is 0 Å². The van der Waals surface area contributed by atoms with Crippen molar-refractivity contribution in [2.45, 2.75) is 60.3 Å². The van der Waals surface area contributed by atoms with Crippen molar-refractivity contribution in [1.82, 2.24) is 0 Å². The molecule has 0 N–H and O–H groups in total. The van der Waals surface area contributed by atoms with Crippen LogP contribution in [-0.4, -0.2) is 5.78 Å². The highest BCUT2D eigenvalue weighted by atomic mass is 16.1. The highest BCUT2D eigenvalue weighted by Crippen LogP contribution is 2.28. The standard InChI is InChI=1S/C12H24O/c1-6-7-8-12(4,5)9-11(13)10(2)3/h10H,6-9H2,1-5H3. The molecule has 0 amide bonds. The Hall–Kier alpha value is -0.330. The number of hydrogen-bond donors (Lipinski definition) is 0. The molecule has 0 rings (SSSR count). The molecule has 1 nitrogen and oxygen atoms in total. The maximum absolute atomic E-state index is 11.5. The maximum Gasteiger partial charge on any atom is 0.135 e. The van der Waals surface area contributed by atoms with Crippen LogP contribution in [0.4, 0.5) is 0 Å². The molecule has 0 heterocycles. The molecule has 0 radical (unpaired) electrons. The maximum atomic E-state index is 11.5. The normalized spacial score (nSPS) is 12.2. The zero-order valence-corrected chi connectivity index (χ0v) is 9.81. The van der Waals surface area contributed by atoms with Crippen LogP contribution in [0, 0.1) is 11.3 Å². The molecule has 0 aliphatic heterocycles. The van der Waals surface area contributed by atoms with Crippen LogP contribution >= 0.6 is 0 Å². The third-order valence-corrected chi connectivity index (χ3v) is 2.50. The van der Waals surface area contributed by atoms with E-state index in [1.807, 2.05) is 13.8 Å². The zero-order chi connectivity index (χ0) is 10.5. The monoisotopic (exact) mass is 184 g/mol. The van der Waals surface area contributed by atoms with Crippen LogP contribution in [0.3, 0.4) is 0 Å². The fourth-order valence-electron chi connectivity index (χ4n) is 1.42. The average molecular weight is 184 g/mol. The average Bonchev–Trinajstić information content (AvgIpc) is 2.00. The SMILES string of the molecule is CCCCC(C)(C)CC(=O)C(C)C. The molecule has 78 valence electrons. The van der Waals surface area contributed by atoms with Gasteiger partial charge in [-0.05, 0) is 11.8 Å². The van der Waals surface area contributed by atoms with Crippen molar-refractivity contribution >= 4 is 5.78 Å². The minimum atomic E-state index is 0.195. The lowest BCUT2D eigenvalue weighted by Gasteiger charge is -2.24. The number of hydrogen-bond acceptors (Lipinski definition) is 1. The number of rotatable bonds is 6. The molecule has 13 heavy (non-hydrogen) atoms. The van der Waals surface area contributed by atoms with Gasteiger partial charge in [0.05, 0.1) is 0 Å². The summed E-state index contributed by atoms with van der Waals surface area (Å²) in [5.74, 6) is 0.599. The summed E-state index contributed by atoms with van der Waals surface area (Å²) in [6.45, 7) is 10.6. The van der Waals surface area contributed by atoms with Gasteiger partial charge >= 0.3 is 0 Å². The Morgan fingerprint density at radius 3 is 2.23 bits per heavy atom. The topological polar surface area (TPSA) is 17.1 Å². The second kappa shape index (κ2) is 5.41. The lowest BCUT2D eigenvalue weighted by atomic mass is 9.80. The first-order chi connectivity index (χ1) is 5.89. The Morgan fingerprint density at radius 2 is 1.85 bits per heavy atom. The predicted octanol–water partition coefficient (Wildman–Crippen LogP) is 3.82. The first kappa shape index (κ1) is 12.7. The Bertz CT molecular complexity index is 157. The number of unbranched alkanes of at least 4 members (excludes halogenated alkanes) is 1. The Morgan fingerprint density at radius 1 is 1.31 bits per heavy atom. The quantitative estimate of drug-likeness (QED) is 0.613. The van der Waals surface area contributed by atoms with Gasteiger partial charge in [-0.25, -0.2) is 0 Å². The van der Waals surface area contributed by atoms with E-state index in [0.717, 1.165) is 6.42 Å². The van der Waals surface area contributed by atoms with E-state index < -0.39 is 0 Å². The third kappa shape index (κ3) is 5.84. The van der Waals surface area contributed by atoms with Gasteiger partial charge in [0.25, 0.3) is 0 Å². The Labute approximate surface area is 82.9 Å². The summed E-state index contributed by atoms with van der Waals surface area (Å²) in [6, 6.07) is 0. The molecule has 0 fully saturated rings. The minimum Gasteiger partial charge on any atom is -0.299 e. The molecule has 0 atom stereocenters. The van der Waals surface area contributed by atoms with Crippen LogP contribution in [-0.2, 0) is 4.79 Å². The van der Waals surface area contributed by atoms with Crippen molar-refractivity contribution in [1.29, 1.82) is 0 Å². The fraction of sp³-hybridized carbons (Fsp3) is 0.917. The highest BCUT2D eigenvalue weighted by Gasteiger charge is 2.22. The van der Waals surface area contributed by atoms with Crippen LogP contribution < -0.4 is 0 Å². The number of Topliss-reactive ketones (excluding diaryl/α,β-unsaturated/α-hetero) is 1. The van der Waals surface area contributed by atoms with Crippen molar-refractivity contribution in [2.24, 2.45) is 11.3 Å². The van der Waals surface area contributed by atoms with Crippen molar-refractivity contribution in [3.8, 4) is 0 Å². The van der Waals surface area contributed by atoms with Gasteiger partial charge in [-0.1, -0.05) is 47.5 Å². The molecule has 0 aromatic carbocycles. The van der Waals surface area contributed by atoms with Crippen molar-refractivity contribution in [3.63, 3.8) is 0 Å². The summed E-state index contributed by atoms with van der Waals surface area (Å²) < 4.78 is 0. The summed E-state index contributed by atoms with van der Waals surface area (Å²) in [5.41, 5.74) is 0.206. The van der Waals surface area contributed by atoms with E-state index in [9.17, 15) is 4.79 Å². The summed E-state index contributed by atoms with van der Waals surface area (Å²) in [6.07, 6.45) is 4.37. The minimum absolute atomic E-state index is 0.195. The molecule has 0 aliphatic carbocycles. The van der Waals surface area contributed by atoms with E-state index in [-0.39, 0.29) is 11.3 Å². The first-order valence-electron chi connectivity index (χ1n) is 5.42. The van der Waals surface area contributed by atoms with Crippen LogP contribution in [0.15, 0.2) is 0 Å². The lowest BCUT2D eigenvalue weighted by molar-refractivity contribution is -0.123. The number of carbonyl (C=O) groups excluding carboxylic acids is 1. The van der Waals surface area contributed by atoms with E-state index in [4.69, 9.17) is 0 Å². The highest BCUT2D eigenvalue weighted by molar-refractivity contribution is 5.80. The lowest BCUT2D eigenvalue weighted by Crippen LogP contribution is -2.20. The molecule has 0 spiro atoms. The molecule has 0 bridgehead atoms. The second-order valence-electron chi connectivity index (χ2n) is 5.07. The van der Waals surface area contributed by atoms with Gasteiger partial charge in [-0.15, -0.1) is 0 Å². The molecule has 0 aromatic heterocycles. The van der Waals surface area contributed by atoms with Gasteiger partial charge in [0, 0.05) is 12.3 Å². The van der Waals surface area contributed by atoms with Gasteiger partial charge in [0.2, 0.25) is 0 Å². The van der Waals surface area contributed by atoms with E-state index in [0.29, 0.717) is 5.78 Å². The summed E-state index contributed by atoms with van der Waals surface area (Å²) in [7, 11) is 0. The third-order valence-electron chi connectivity index (χ3n) is 2.50. The molecular formula is C12H24O. The summed E-state index contributed by atoms with van der Waals surface area (Å²) in [5, 5.41) is 0. The molecule has 0 aliphatic rings. The Balaban J connectivity index is 3.93. The molecule has 0 saturated heterocycles. The summed E-state index contributed by atoms with van der Waals surface area (Å²) >= 11 is 0. The number of ketones is 1. The second-order valence-corrected chi connectivity index (χ2v) is 5.07. The predicted molar refractivity (Wildman–Crippen MR) is 57.8 cm³/mol. The largest absolute Gasteiger partial charge is 0.299 e. The molecule has 0 unspecified atom stereocenters. The van der Waals surface area contributed by atoms with E-state index in [1.165, 1.54) is 19.3 Å². The van der Waals surface area contributed by atoms with Crippen molar-refractivity contribution in [2.75, 3.05) is 0 Å². The Kier molecular flexibility index (Phi) is 5.27. The van der Waals surface area contributed by atoms with E-state index in [1.54, 1.807) is 0 Å². The first-order valence-corrected chi connectivity index (χ1v) is 5.42. The zero-order valence-electron chi connectivity index (χ0n) is 9.81. The van der Waals surface area contributed by atoms with E-state index >= 15 is 0 Å². The van der Waals surface area contributed by atoms with Crippen molar-refractivity contribution < 1.29 is 4.79 Å². The van der Waals surface area contributed by atoms with Crippen LogP contribution in [0.5, 0.6) is 0 Å². The smallest absolute Gasteiger partial charge is 0.135 e. The van der Waals surface area contributed by atoms with Gasteiger partial charge in [-0.3, -0.25) is 4.79 Å². The summed E-state index contributed by atoms with van der Waals surface area (Å²) in [4.78, 5) is 11.5. The molecule has 0 saturated carbocycles. The van der Waals surface area contributed by atoms with Gasteiger partial charge in [0.15, 0.2) is 0 Å². The molecule has 0 aromatic rings. The number of carbonyl (C=O) groups is 1. The molecular weight excluding hydrogens is 160 g/mol. The van der Waals surface area contributed by atoms with Crippen LogP contribution in [0.1, 0.15) is 60.3 Å². The van der Waals surface area contributed by atoms with Gasteiger partial charge in [0.1, 0.15) is 5.78 Å². The van der Waals surface area contributed by atoms with Crippen LogP contribution in [0.25, 0.3) is 0 Å². The van der Waals surface area contributed by atoms with E-state index in [2.05, 4.69) is 20.8 Å². The van der Waals surface area contributed by atoms with Crippen molar-refractivity contribution in [3.05, 3.63) is 0 Å². The fourth-order valence-corrected chi connectivity index (χ4v) is 1.42.